The van der Waals surface area contributed by atoms with Crippen LogP contribution in [0.5, 0.6) is 11.5 Å². The Morgan fingerprint density at radius 2 is 1.75 bits per heavy atom. The van der Waals surface area contributed by atoms with E-state index in [2.05, 4.69) is 44.1 Å². The van der Waals surface area contributed by atoms with Gasteiger partial charge in [-0.1, -0.05) is 74.3 Å². The van der Waals surface area contributed by atoms with E-state index in [1.165, 1.54) is 5.56 Å². The second-order valence-electron chi connectivity index (χ2n) is 14.6. The predicted octanol–water partition coefficient (Wildman–Crippen LogP) is 7.02. The third-order valence-electron chi connectivity index (χ3n) is 9.25. The number of aryl methyl sites for hydroxylation is 1. The zero-order chi connectivity index (χ0) is 36.5. The zero-order valence-electron chi connectivity index (χ0n) is 30.6. The Labute approximate surface area is 313 Å². The molecule has 3 aromatic rings. The normalized spacial score (nSPS) is 18.1. The number of benzene rings is 3. The second-order valence-corrected chi connectivity index (χ2v) is 15.5. The number of carbonyl (C=O) groups is 2. The van der Waals surface area contributed by atoms with Crippen LogP contribution in [-0.2, 0) is 20.7 Å². The van der Waals surface area contributed by atoms with Crippen molar-refractivity contribution in [1.82, 2.24) is 15.1 Å². The summed E-state index contributed by atoms with van der Waals surface area (Å²) < 4.78 is 19.1. The Morgan fingerprint density at radius 3 is 2.47 bits per heavy atom. The van der Waals surface area contributed by atoms with Crippen molar-refractivity contribution in [2.24, 2.45) is 5.41 Å². The van der Waals surface area contributed by atoms with Crippen molar-refractivity contribution in [3.05, 3.63) is 87.4 Å². The van der Waals surface area contributed by atoms with Crippen molar-refractivity contribution in [3.63, 3.8) is 0 Å². The molecule has 3 aromatic carbocycles. The first-order chi connectivity index (χ1) is 24.4. The number of hydrogen-bond donors (Lipinski definition) is 1. The minimum absolute atomic E-state index is 0.0674. The maximum atomic E-state index is 14.4. The summed E-state index contributed by atoms with van der Waals surface area (Å²) in [6.45, 7) is 11.6. The molecule has 1 saturated heterocycles. The Hall–Kier alpha value is -3.34. The molecule has 2 heterocycles. The van der Waals surface area contributed by atoms with Crippen LogP contribution < -0.4 is 19.7 Å². The molecule has 0 aliphatic carbocycles. The molecule has 0 unspecified atom stereocenters. The minimum atomic E-state index is -1.02. The van der Waals surface area contributed by atoms with Gasteiger partial charge in [0, 0.05) is 66.1 Å². The fraction of sp³-hybridized carbons (Fsp3) is 0.500. The molecule has 1 fully saturated rings. The molecular weight excluding hydrogens is 687 g/mol. The highest BCUT2D eigenvalue weighted by molar-refractivity contribution is 6.31. The maximum Gasteiger partial charge on any atom is 0.256 e. The number of para-hydroxylation sites is 1. The number of hydrogen-bond acceptors (Lipinski definition) is 7. The van der Waals surface area contributed by atoms with E-state index in [9.17, 15) is 9.59 Å². The Kier molecular flexibility index (Phi) is 13.7. The molecule has 9 nitrogen and oxygen atoms in total. The van der Waals surface area contributed by atoms with E-state index in [4.69, 9.17) is 37.4 Å². The number of halogens is 2. The van der Waals surface area contributed by atoms with Gasteiger partial charge in [-0.25, -0.2) is 0 Å². The van der Waals surface area contributed by atoms with Gasteiger partial charge in [-0.2, -0.15) is 0 Å². The molecule has 1 N–H and O–H groups in total. The molecule has 0 aromatic heterocycles. The van der Waals surface area contributed by atoms with Gasteiger partial charge in [0.2, 0.25) is 5.91 Å². The summed E-state index contributed by atoms with van der Waals surface area (Å²) in [5.41, 5.74) is 3.07. The first kappa shape index (κ1) is 38.9. The number of carbonyl (C=O) groups excluding carboxylic acids is 2. The van der Waals surface area contributed by atoms with Crippen molar-refractivity contribution in [1.29, 1.82) is 0 Å². The number of nitrogens with one attached hydrogen (secondary N) is 1. The van der Waals surface area contributed by atoms with E-state index in [0.717, 1.165) is 56.0 Å². The molecule has 0 radical (unpaired) electrons. The highest BCUT2D eigenvalue weighted by atomic mass is 35.5. The predicted molar refractivity (Wildman–Crippen MR) is 204 cm³/mol. The highest BCUT2D eigenvalue weighted by Gasteiger charge is 2.40. The molecule has 276 valence electrons. The van der Waals surface area contributed by atoms with Crippen molar-refractivity contribution in [3.8, 4) is 11.5 Å². The maximum absolute atomic E-state index is 14.4. The fourth-order valence-electron chi connectivity index (χ4n) is 6.73. The lowest BCUT2D eigenvalue weighted by atomic mass is 9.94. The highest BCUT2D eigenvalue weighted by Crippen LogP contribution is 2.46. The van der Waals surface area contributed by atoms with Crippen LogP contribution in [0, 0.1) is 5.41 Å². The number of piperazine rings is 1. The van der Waals surface area contributed by atoms with Gasteiger partial charge in [-0.05, 0) is 74.2 Å². The monoisotopic (exact) mass is 738 g/mol. The first-order valence-electron chi connectivity index (χ1n) is 17.9. The van der Waals surface area contributed by atoms with E-state index < -0.39 is 12.2 Å². The van der Waals surface area contributed by atoms with Gasteiger partial charge < -0.3 is 34.2 Å². The summed E-state index contributed by atoms with van der Waals surface area (Å²) in [6.07, 6.45) is 0.932. The molecule has 2 aliphatic heterocycles. The van der Waals surface area contributed by atoms with Crippen molar-refractivity contribution in [2.75, 3.05) is 71.5 Å². The Balaban J connectivity index is 1.35. The zero-order valence-corrected chi connectivity index (χ0v) is 32.1. The van der Waals surface area contributed by atoms with Gasteiger partial charge in [0.1, 0.15) is 12.2 Å². The standard InChI is InChI=1S/C40H52Cl2N4O5/c1-40(2,3)27-46-33-17-16-29(41)25-31(33)37(51-35(39(46)48)26-36(47)45-22-18-43-19-23-45)30-13-8-15-34(38(30)49-5)50-24-10-21-44(4)20-9-12-28-11-6-7-14-32(28)42/h6-8,11,13-17,25,35,37,43H,9-10,12,18-24,26-27H2,1-5H3/t35-,37-/m1/s1. The van der Waals surface area contributed by atoms with Gasteiger partial charge in [-0.3, -0.25) is 9.59 Å². The first-order valence-corrected chi connectivity index (χ1v) is 18.7. The van der Waals surface area contributed by atoms with E-state index in [1.807, 2.05) is 48.5 Å². The molecule has 2 amide bonds. The SMILES string of the molecule is COc1c(OCCCN(C)CCCc2ccccc2Cl)cccc1[C@H]1O[C@H](CC(=O)N2CCNCC2)C(=O)N(CC(C)(C)C)c2ccc(Cl)cc21. The number of rotatable bonds is 14. The molecule has 2 aliphatic rings. The van der Waals surface area contributed by atoms with E-state index in [-0.39, 0.29) is 23.7 Å². The Bertz CT molecular complexity index is 1640. The average Bonchev–Trinajstić information content (AvgIpc) is 3.20. The summed E-state index contributed by atoms with van der Waals surface area (Å²) in [4.78, 5) is 33.8. The molecule has 11 heteroatoms. The van der Waals surface area contributed by atoms with Crippen molar-refractivity contribution < 1.29 is 23.8 Å². The Morgan fingerprint density at radius 1 is 1.00 bits per heavy atom. The van der Waals surface area contributed by atoms with E-state index in [1.54, 1.807) is 23.0 Å². The largest absolute Gasteiger partial charge is 0.492 e. The molecule has 5 rings (SSSR count). The van der Waals surface area contributed by atoms with E-state index in [0.29, 0.717) is 54.0 Å². The van der Waals surface area contributed by atoms with Gasteiger partial charge in [-0.15, -0.1) is 0 Å². The molecular formula is C40H52Cl2N4O5. The lowest BCUT2D eigenvalue weighted by Crippen LogP contribution is -2.49. The third kappa shape index (κ3) is 10.4. The summed E-state index contributed by atoms with van der Waals surface area (Å²) in [5.74, 6) is 0.748. The lowest BCUT2D eigenvalue weighted by molar-refractivity contribution is -0.143. The number of ether oxygens (including phenoxy) is 3. The van der Waals surface area contributed by atoms with Gasteiger partial charge in [0.15, 0.2) is 11.5 Å². The van der Waals surface area contributed by atoms with Crippen molar-refractivity contribution in [2.45, 2.75) is 58.7 Å². The van der Waals surface area contributed by atoms with Crippen LogP contribution >= 0.6 is 23.2 Å². The molecule has 51 heavy (non-hydrogen) atoms. The summed E-state index contributed by atoms with van der Waals surface area (Å²) in [7, 11) is 3.73. The average molecular weight is 740 g/mol. The lowest BCUT2D eigenvalue weighted by Gasteiger charge is -2.32. The summed E-state index contributed by atoms with van der Waals surface area (Å²) >= 11 is 12.9. The van der Waals surface area contributed by atoms with Gasteiger partial charge in [0.05, 0.1) is 20.1 Å². The quantitative estimate of drug-likeness (QED) is 0.178. The third-order valence-corrected chi connectivity index (χ3v) is 9.85. The van der Waals surface area contributed by atoms with E-state index >= 15 is 0 Å². The second kappa shape index (κ2) is 17.9. The van der Waals surface area contributed by atoms with Crippen LogP contribution in [0.25, 0.3) is 0 Å². The van der Waals surface area contributed by atoms with Crippen LogP contribution in [0.15, 0.2) is 60.7 Å². The van der Waals surface area contributed by atoms with Crippen LogP contribution in [0.4, 0.5) is 5.69 Å². The topological polar surface area (TPSA) is 83.6 Å². The van der Waals surface area contributed by atoms with Gasteiger partial charge >= 0.3 is 0 Å². The number of anilines is 1. The smallest absolute Gasteiger partial charge is 0.256 e. The molecule has 0 saturated carbocycles. The number of nitrogens with zero attached hydrogens (tertiary/aromatic N) is 3. The number of fused-ring (bicyclic) bond motifs is 1. The van der Waals surface area contributed by atoms with Crippen molar-refractivity contribution >= 4 is 40.7 Å². The summed E-state index contributed by atoms with van der Waals surface area (Å²) in [6, 6.07) is 19.2. The number of methoxy groups -OCH3 is 1. The number of amides is 2. The fourth-order valence-corrected chi connectivity index (χ4v) is 7.14. The molecule has 0 spiro atoms. The van der Waals surface area contributed by atoms with Crippen LogP contribution in [0.3, 0.4) is 0 Å². The summed E-state index contributed by atoms with van der Waals surface area (Å²) in [5, 5.41) is 4.62. The minimum Gasteiger partial charge on any atom is -0.492 e. The van der Waals surface area contributed by atoms with Crippen LogP contribution in [0.1, 0.15) is 62.8 Å². The van der Waals surface area contributed by atoms with Crippen LogP contribution in [-0.4, -0.2) is 94.3 Å². The molecule has 0 bridgehead atoms. The molecule has 2 atom stereocenters. The van der Waals surface area contributed by atoms with Crippen LogP contribution in [0.2, 0.25) is 10.0 Å². The van der Waals surface area contributed by atoms with Gasteiger partial charge in [0.25, 0.3) is 5.91 Å².